The molecule has 3 rings (SSSR count). The van der Waals surface area contributed by atoms with Crippen molar-refractivity contribution in [1.82, 2.24) is 15.2 Å². The number of carbonyl (C=O) groups is 2. The Balaban J connectivity index is 1.50. The molecule has 2 aliphatic carbocycles. The van der Waals surface area contributed by atoms with Gasteiger partial charge in [0.2, 0.25) is 5.76 Å². The lowest BCUT2D eigenvalue weighted by Crippen LogP contribution is -2.55. The van der Waals surface area contributed by atoms with Crippen molar-refractivity contribution in [3.8, 4) is 0 Å². The van der Waals surface area contributed by atoms with Gasteiger partial charge in [0.1, 0.15) is 0 Å². The number of carboxylic acid groups (broad SMARTS) is 1. The number of oxazole rings is 1. The van der Waals surface area contributed by atoms with E-state index >= 15 is 0 Å². The molecule has 1 amide bonds. The van der Waals surface area contributed by atoms with E-state index in [0.717, 1.165) is 19.4 Å². The molecule has 126 valence electrons. The third kappa shape index (κ3) is 3.90. The Morgan fingerprint density at radius 2 is 2.04 bits per heavy atom. The first kappa shape index (κ1) is 16.0. The first-order valence-corrected chi connectivity index (χ1v) is 8.13. The lowest BCUT2D eigenvalue weighted by molar-refractivity contribution is -0.139. The molecule has 0 aliphatic heterocycles. The van der Waals surface area contributed by atoms with Crippen LogP contribution in [-0.4, -0.2) is 52.0 Å². The van der Waals surface area contributed by atoms with Crippen LogP contribution in [0.2, 0.25) is 0 Å². The molecule has 7 heteroatoms. The fraction of sp³-hybridized carbons (Fsp3) is 0.688. The maximum absolute atomic E-state index is 12.2. The van der Waals surface area contributed by atoms with E-state index in [1.807, 2.05) is 4.90 Å². The van der Waals surface area contributed by atoms with Gasteiger partial charge in [0.25, 0.3) is 5.91 Å². The summed E-state index contributed by atoms with van der Waals surface area (Å²) >= 11 is 0. The van der Waals surface area contributed by atoms with Crippen LogP contribution in [-0.2, 0) is 4.79 Å². The second-order valence-electron chi connectivity index (χ2n) is 6.71. The van der Waals surface area contributed by atoms with Crippen LogP contribution in [0.15, 0.2) is 4.42 Å². The molecule has 0 bridgehead atoms. The molecule has 0 aromatic carbocycles. The fourth-order valence-electron chi connectivity index (χ4n) is 3.15. The van der Waals surface area contributed by atoms with Crippen LogP contribution in [0.25, 0.3) is 0 Å². The van der Waals surface area contributed by atoms with Crippen molar-refractivity contribution in [3.05, 3.63) is 17.3 Å². The number of hydrogen-bond acceptors (Lipinski definition) is 5. The van der Waals surface area contributed by atoms with E-state index in [0.29, 0.717) is 17.5 Å². The number of hydrogen-bond donors (Lipinski definition) is 2. The molecular weight excluding hydrogens is 298 g/mol. The number of aromatic nitrogens is 1. The molecule has 2 N–H and O–H groups in total. The number of amides is 1. The number of nitrogens with one attached hydrogen (secondary N) is 1. The molecule has 0 saturated heterocycles. The first-order valence-electron chi connectivity index (χ1n) is 8.13. The standard InChI is InChI=1S/C16H23N3O4/c1-9-15(23-10(2)17-9)16(22)18-12-5-13(6-12)19(8-14(20)21)7-11-3-4-11/h11-13H,3-8H2,1-2H3,(H,18,22)(H,20,21). The molecule has 2 fully saturated rings. The van der Waals surface area contributed by atoms with Gasteiger partial charge in [-0.2, -0.15) is 0 Å². The molecule has 2 saturated carbocycles. The van der Waals surface area contributed by atoms with Crippen molar-refractivity contribution in [3.63, 3.8) is 0 Å². The van der Waals surface area contributed by atoms with Gasteiger partial charge in [-0.05, 0) is 38.5 Å². The molecule has 7 nitrogen and oxygen atoms in total. The SMILES string of the molecule is Cc1nc(C)c(C(=O)NC2CC(N(CC(=O)O)CC3CC3)C2)o1. The second-order valence-corrected chi connectivity index (χ2v) is 6.71. The zero-order chi connectivity index (χ0) is 16.6. The van der Waals surface area contributed by atoms with Crippen LogP contribution in [0.5, 0.6) is 0 Å². The van der Waals surface area contributed by atoms with E-state index in [9.17, 15) is 9.59 Å². The van der Waals surface area contributed by atoms with E-state index < -0.39 is 5.97 Å². The van der Waals surface area contributed by atoms with Crippen molar-refractivity contribution < 1.29 is 19.1 Å². The van der Waals surface area contributed by atoms with Crippen molar-refractivity contribution in [2.45, 2.75) is 51.6 Å². The molecular formula is C16H23N3O4. The first-order chi connectivity index (χ1) is 10.9. The average Bonchev–Trinajstić information content (AvgIpc) is 3.15. The number of carboxylic acids is 1. The van der Waals surface area contributed by atoms with Gasteiger partial charge in [0.15, 0.2) is 5.89 Å². The molecule has 1 aromatic heterocycles. The van der Waals surface area contributed by atoms with E-state index in [2.05, 4.69) is 10.3 Å². The number of carbonyl (C=O) groups excluding carboxylic acids is 1. The van der Waals surface area contributed by atoms with Gasteiger partial charge >= 0.3 is 5.97 Å². The van der Waals surface area contributed by atoms with Crippen LogP contribution in [0.4, 0.5) is 0 Å². The van der Waals surface area contributed by atoms with Gasteiger partial charge in [0.05, 0.1) is 12.2 Å². The molecule has 1 aromatic rings. The Hall–Kier alpha value is -1.89. The minimum absolute atomic E-state index is 0.0767. The molecule has 2 aliphatic rings. The predicted molar refractivity (Wildman–Crippen MR) is 82.2 cm³/mol. The summed E-state index contributed by atoms with van der Waals surface area (Å²) in [5, 5.41) is 12.0. The monoisotopic (exact) mass is 321 g/mol. The normalized spacial score (nSPS) is 23.6. The molecule has 23 heavy (non-hydrogen) atoms. The second kappa shape index (κ2) is 6.31. The third-order valence-corrected chi connectivity index (χ3v) is 4.60. The lowest BCUT2D eigenvalue weighted by atomic mass is 9.85. The minimum atomic E-state index is -0.786. The minimum Gasteiger partial charge on any atom is -0.480 e. The van der Waals surface area contributed by atoms with Crippen molar-refractivity contribution in [2.24, 2.45) is 5.92 Å². The molecule has 1 heterocycles. The lowest BCUT2D eigenvalue weighted by Gasteiger charge is -2.42. The average molecular weight is 321 g/mol. The van der Waals surface area contributed by atoms with E-state index in [1.165, 1.54) is 12.8 Å². The summed E-state index contributed by atoms with van der Waals surface area (Å²) in [6.07, 6.45) is 3.98. The van der Waals surface area contributed by atoms with Crippen LogP contribution < -0.4 is 5.32 Å². The molecule has 0 radical (unpaired) electrons. The number of nitrogens with zero attached hydrogens (tertiary/aromatic N) is 2. The highest BCUT2D eigenvalue weighted by molar-refractivity contribution is 5.92. The number of rotatable bonds is 7. The third-order valence-electron chi connectivity index (χ3n) is 4.60. The largest absolute Gasteiger partial charge is 0.480 e. The van der Waals surface area contributed by atoms with Crippen molar-refractivity contribution >= 4 is 11.9 Å². The summed E-state index contributed by atoms with van der Waals surface area (Å²) in [7, 11) is 0. The fourth-order valence-corrected chi connectivity index (χ4v) is 3.15. The number of aliphatic carboxylic acids is 1. The summed E-state index contributed by atoms with van der Waals surface area (Å²) in [6.45, 7) is 4.41. The van der Waals surface area contributed by atoms with Gasteiger partial charge in [-0.3, -0.25) is 14.5 Å². The summed E-state index contributed by atoms with van der Waals surface area (Å²) in [6, 6.07) is 0.322. The Bertz CT molecular complexity index is 602. The van der Waals surface area contributed by atoms with Crippen molar-refractivity contribution in [1.29, 1.82) is 0 Å². The van der Waals surface area contributed by atoms with Gasteiger partial charge in [0, 0.05) is 25.6 Å². The molecule has 0 unspecified atom stereocenters. The maximum Gasteiger partial charge on any atom is 0.317 e. The quantitative estimate of drug-likeness (QED) is 0.787. The Morgan fingerprint density at radius 1 is 1.35 bits per heavy atom. The molecule has 0 atom stereocenters. The zero-order valence-electron chi connectivity index (χ0n) is 13.5. The van der Waals surface area contributed by atoms with E-state index in [4.69, 9.17) is 9.52 Å². The Kier molecular flexibility index (Phi) is 4.39. The van der Waals surface area contributed by atoms with E-state index in [-0.39, 0.29) is 30.3 Å². The summed E-state index contributed by atoms with van der Waals surface area (Å²) in [5.41, 5.74) is 0.595. The Morgan fingerprint density at radius 3 is 2.57 bits per heavy atom. The summed E-state index contributed by atoms with van der Waals surface area (Å²) in [5.74, 6) is 0.384. The van der Waals surface area contributed by atoms with Crippen LogP contribution in [0, 0.1) is 19.8 Å². The Labute approximate surface area is 135 Å². The zero-order valence-corrected chi connectivity index (χ0v) is 13.5. The van der Waals surface area contributed by atoms with Crippen LogP contribution in [0.1, 0.15) is 47.8 Å². The van der Waals surface area contributed by atoms with Crippen molar-refractivity contribution in [2.75, 3.05) is 13.1 Å². The van der Waals surface area contributed by atoms with E-state index in [1.54, 1.807) is 13.8 Å². The van der Waals surface area contributed by atoms with Gasteiger partial charge < -0.3 is 14.8 Å². The van der Waals surface area contributed by atoms with Gasteiger partial charge in [-0.15, -0.1) is 0 Å². The highest BCUT2D eigenvalue weighted by Gasteiger charge is 2.38. The van der Waals surface area contributed by atoms with Gasteiger partial charge in [-0.1, -0.05) is 0 Å². The maximum atomic E-state index is 12.2. The summed E-state index contributed by atoms with van der Waals surface area (Å²) < 4.78 is 5.32. The highest BCUT2D eigenvalue weighted by atomic mass is 16.4. The summed E-state index contributed by atoms with van der Waals surface area (Å²) in [4.78, 5) is 29.3. The number of aryl methyl sites for hydroxylation is 2. The topological polar surface area (TPSA) is 95.7 Å². The highest BCUT2D eigenvalue weighted by Crippen LogP contribution is 2.33. The van der Waals surface area contributed by atoms with Crippen LogP contribution in [0.3, 0.4) is 0 Å². The van der Waals surface area contributed by atoms with Crippen LogP contribution >= 0.6 is 0 Å². The smallest absolute Gasteiger partial charge is 0.317 e. The predicted octanol–water partition coefficient (Wildman–Crippen LogP) is 1.35. The van der Waals surface area contributed by atoms with Gasteiger partial charge in [-0.25, -0.2) is 4.98 Å². The molecule has 0 spiro atoms.